The number of fused-ring (bicyclic) bond motifs is 7. The molecular weight excluding hydrogens is 375 g/mol. The van der Waals surface area contributed by atoms with Crippen LogP contribution in [-0.4, -0.2) is 17.2 Å². The van der Waals surface area contributed by atoms with E-state index in [0.717, 1.165) is 20.9 Å². The summed E-state index contributed by atoms with van der Waals surface area (Å²) in [5.41, 5.74) is 4.90. The molecule has 1 spiro atoms. The molecule has 1 aliphatic heterocycles. The van der Waals surface area contributed by atoms with Gasteiger partial charge in [0.2, 0.25) is 0 Å². The minimum atomic E-state index is -1.53. The second kappa shape index (κ2) is 6.77. The SMILES string of the molecule is C=CC1=C(C=C)C2(c3ccccc3C3C=CC=CC32)c2cccc(B(O)O)c2S1. The molecule has 2 nitrogen and oxygen atoms in total. The first-order chi connectivity index (χ1) is 14.1. The molecule has 0 bridgehead atoms. The lowest BCUT2D eigenvalue weighted by atomic mass is 9.61. The Hall–Kier alpha value is -2.53. The van der Waals surface area contributed by atoms with Crippen LogP contribution < -0.4 is 5.46 Å². The van der Waals surface area contributed by atoms with Crippen LogP contribution in [0, 0.1) is 5.92 Å². The fraction of sp³-hybridized carbons (Fsp3) is 0.120. The van der Waals surface area contributed by atoms with Crippen LogP contribution in [0.1, 0.15) is 22.6 Å². The third kappa shape index (κ3) is 2.34. The zero-order valence-corrected chi connectivity index (χ0v) is 16.8. The lowest BCUT2D eigenvalue weighted by molar-refractivity contribution is 0.423. The predicted molar refractivity (Wildman–Crippen MR) is 121 cm³/mol. The van der Waals surface area contributed by atoms with Crippen molar-refractivity contribution >= 4 is 24.3 Å². The van der Waals surface area contributed by atoms with Crippen LogP contribution in [0.4, 0.5) is 0 Å². The van der Waals surface area contributed by atoms with E-state index in [0.29, 0.717) is 5.46 Å². The monoisotopic (exact) mass is 396 g/mol. The largest absolute Gasteiger partial charge is 0.489 e. The molecule has 142 valence electrons. The van der Waals surface area contributed by atoms with E-state index >= 15 is 0 Å². The molecule has 3 aliphatic rings. The van der Waals surface area contributed by atoms with E-state index in [4.69, 9.17) is 0 Å². The zero-order valence-electron chi connectivity index (χ0n) is 16.0. The average Bonchev–Trinajstić information content (AvgIpc) is 3.04. The van der Waals surface area contributed by atoms with Gasteiger partial charge in [0, 0.05) is 21.6 Å². The third-order valence-electron chi connectivity index (χ3n) is 6.42. The first-order valence-electron chi connectivity index (χ1n) is 9.76. The molecule has 3 unspecified atom stereocenters. The topological polar surface area (TPSA) is 40.5 Å². The van der Waals surface area contributed by atoms with Crippen molar-refractivity contribution in [2.24, 2.45) is 5.92 Å². The molecule has 2 aliphatic carbocycles. The van der Waals surface area contributed by atoms with Crippen molar-refractivity contribution in [2.45, 2.75) is 16.2 Å². The third-order valence-corrected chi connectivity index (χ3v) is 7.69. The van der Waals surface area contributed by atoms with Gasteiger partial charge in [0.15, 0.2) is 0 Å². The van der Waals surface area contributed by atoms with E-state index in [1.54, 1.807) is 17.8 Å². The molecule has 5 rings (SSSR count). The first kappa shape index (κ1) is 18.5. The van der Waals surface area contributed by atoms with Crippen molar-refractivity contribution in [1.82, 2.24) is 0 Å². The second-order valence-electron chi connectivity index (χ2n) is 7.60. The van der Waals surface area contributed by atoms with Gasteiger partial charge in [-0.1, -0.05) is 104 Å². The molecule has 4 heteroatoms. The first-order valence-corrected chi connectivity index (χ1v) is 10.6. The highest BCUT2D eigenvalue weighted by atomic mass is 32.2. The predicted octanol–water partition coefficient (Wildman–Crippen LogP) is 4.22. The van der Waals surface area contributed by atoms with Gasteiger partial charge in [0.05, 0.1) is 5.41 Å². The molecule has 2 N–H and O–H groups in total. The number of hydrogen-bond acceptors (Lipinski definition) is 3. The summed E-state index contributed by atoms with van der Waals surface area (Å²) in [6, 6.07) is 14.5. The lowest BCUT2D eigenvalue weighted by Crippen LogP contribution is -2.41. The summed E-state index contributed by atoms with van der Waals surface area (Å²) in [5, 5.41) is 20.2. The molecule has 29 heavy (non-hydrogen) atoms. The molecule has 0 amide bonds. The van der Waals surface area contributed by atoms with E-state index in [1.165, 1.54) is 11.1 Å². The summed E-state index contributed by atoms with van der Waals surface area (Å²) < 4.78 is 0. The Morgan fingerprint density at radius 2 is 1.69 bits per heavy atom. The van der Waals surface area contributed by atoms with Crippen molar-refractivity contribution in [3.63, 3.8) is 0 Å². The number of benzene rings is 2. The number of allylic oxidation sites excluding steroid dienone is 7. The molecule has 0 saturated heterocycles. The summed E-state index contributed by atoms with van der Waals surface area (Å²) in [5.74, 6) is 0.439. The van der Waals surface area contributed by atoms with Crippen molar-refractivity contribution in [2.75, 3.05) is 0 Å². The van der Waals surface area contributed by atoms with Crippen LogP contribution in [-0.2, 0) is 5.41 Å². The Morgan fingerprint density at radius 3 is 2.45 bits per heavy atom. The molecule has 2 aromatic carbocycles. The van der Waals surface area contributed by atoms with Gasteiger partial charge in [-0.05, 0) is 27.7 Å². The van der Waals surface area contributed by atoms with Gasteiger partial charge in [0.1, 0.15) is 0 Å². The smallest absolute Gasteiger partial charge is 0.423 e. The molecule has 0 saturated carbocycles. The van der Waals surface area contributed by atoms with Gasteiger partial charge >= 0.3 is 7.12 Å². The van der Waals surface area contributed by atoms with Crippen LogP contribution in [0.25, 0.3) is 0 Å². The van der Waals surface area contributed by atoms with Crippen LogP contribution in [0.15, 0.2) is 107 Å². The highest BCUT2D eigenvalue weighted by Crippen LogP contribution is 2.64. The van der Waals surface area contributed by atoms with Gasteiger partial charge in [-0.15, -0.1) is 0 Å². The summed E-state index contributed by atoms with van der Waals surface area (Å²) >= 11 is 1.55. The Labute approximate surface area is 175 Å². The minimum Gasteiger partial charge on any atom is -0.423 e. The quantitative estimate of drug-likeness (QED) is 0.764. The Bertz CT molecular complexity index is 1130. The maximum absolute atomic E-state index is 10.1. The van der Waals surface area contributed by atoms with Crippen molar-refractivity contribution in [1.29, 1.82) is 0 Å². The highest BCUT2D eigenvalue weighted by molar-refractivity contribution is 8.03. The fourth-order valence-corrected chi connectivity index (χ4v) is 6.68. The van der Waals surface area contributed by atoms with Crippen molar-refractivity contribution in [3.8, 4) is 0 Å². The van der Waals surface area contributed by atoms with Gasteiger partial charge in [-0.25, -0.2) is 0 Å². The maximum atomic E-state index is 10.1. The molecule has 0 aromatic heterocycles. The standard InChI is InChI=1S/C25H21BO2S/c1-3-18-23(4-2)29-24-21(14-9-15-22(24)26(27)28)25(18)19-12-7-5-10-16(19)17-11-6-8-13-20(17)25/h3-16,19,27-28H,1-2H2. The molecule has 3 atom stereocenters. The van der Waals surface area contributed by atoms with Gasteiger partial charge in [-0.2, -0.15) is 0 Å². The average molecular weight is 396 g/mol. The van der Waals surface area contributed by atoms with Crippen molar-refractivity contribution < 1.29 is 10.0 Å². The molecule has 0 radical (unpaired) electrons. The van der Waals surface area contributed by atoms with Crippen LogP contribution in [0.2, 0.25) is 0 Å². The second-order valence-corrected chi connectivity index (χ2v) is 8.65. The van der Waals surface area contributed by atoms with Gasteiger partial charge in [-0.3, -0.25) is 0 Å². The van der Waals surface area contributed by atoms with Gasteiger partial charge < -0.3 is 10.0 Å². The van der Waals surface area contributed by atoms with E-state index in [-0.39, 0.29) is 11.8 Å². The molecular formula is C25H21BO2S. The summed E-state index contributed by atoms with van der Waals surface area (Å²) in [7, 11) is -1.53. The lowest BCUT2D eigenvalue weighted by Gasteiger charge is -2.44. The van der Waals surface area contributed by atoms with E-state index in [9.17, 15) is 10.0 Å². The zero-order chi connectivity index (χ0) is 20.2. The maximum Gasteiger partial charge on any atom is 0.489 e. The molecule has 2 aromatic rings. The number of rotatable bonds is 3. The summed E-state index contributed by atoms with van der Waals surface area (Å²) in [4.78, 5) is 1.92. The van der Waals surface area contributed by atoms with E-state index in [1.807, 2.05) is 18.2 Å². The van der Waals surface area contributed by atoms with Crippen LogP contribution in [0.5, 0.6) is 0 Å². The van der Waals surface area contributed by atoms with Crippen LogP contribution >= 0.6 is 11.8 Å². The fourth-order valence-electron chi connectivity index (χ4n) is 5.39. The number of hydrogen-bond donors (Lipinski definition) is 2. The summed E-state index contributed by atoms with van der Waals surface area (Å²) in [6.45, 7) is 8.24. The summed E-state index contributed by atoms with van der Waals surface area (Å²) in [6.07, 6.45) is 12.6. The normalized spacial score (nSPS) is 26.1. The van der Waals surface area contributed by atoms with E-state index in [2.05, 4.69) is 67.8 Å². The van der Waals surface area contributed by atoms with E-state index < -0.39 is 12.5 Å². The highest BCUT2D eigenvalue weighted by Gasteiger charge is 2.56. The number of thioether (sulfide) groups is 1. The molecule has 1 heterocycles. The minimum absolute atomic E-state index is 0.179. The van der Waals surface area contributed by atoms with Gasteiger partial charge in [0.25, 0.3) is 0 Å². The molecule has 0 fully saturated rings. The Balaban J connectivity index is 1.95. The Kier molecular flexibility index (Phi) is 4.32. The Morgan fingerprint density at radius 1 is 0.931 bits per heavy atom. The van der Waals surface area contributed by atoms with Crippen LogP contribution in [0.3, 0.4) is 0 Å². The van der Waals surface area contributed by atoms with Crippen molar-refractivity contribution in [3.05, 3.63) is 119 Å².